The highest BCUT2D eigenvalue weighted by Gasteiger charge is 2.03. The molecule has 0 bridgehead atoms. The van der Waals surface area contributed by atoms with Crippen LogP contribution in [0.3, 0.4) is 0 Å². The van der Waals surface area contributed by atoms with E-state index in [4.69, 9.17) is 11.6 Å². The molecule has 4 nitrogen and oxygen atoms in total. The number of rotatable bonds is 2. The first-order chi connectivity index (χ1) is 4.16. The number of nitrogens with two attached hydrogens (primary N) is 1. The second-order valence-corrected chi connectivity index (χ2v) is 1.61. The lowest BCUT2D eigenvalue weighted by molar-refractivity contribution is -0.136. The van der Waals surface area contributed by atoms with Crippen LogP contribution >= 0.6 is 11.6 Å². The van der Waals surface area contributed by atoms with Crippen molar-refractivity contribution in [2.24, 2.45) is 5.73 Å². The molecule has 0 aromatic rings. The number of halogens is 1. The lowest BCUT2D eigenvalue weighted by atomic mass is 10.5. The molecule has 0 atom stereocenters. The van der Waals surface area contributed by atoms with Crippen LogP contribution < -0.4 is 5.73 Å². The van der Waals surface area contributed by atoms with Gasteiger partial charge in [0.15, 0.2) is 0 Å². The average molecular weight is 152 g/mol. The molecule has 0 unspecified atom stereocenters. The first-order valence-electron chi connectivity index (χ1n) is 2.23. The summed E-state index contributed by atoms with van der Waals surface area (Å²) in [7, 11) is 0. The van der Waals surface area contributed by atoms with Crippen molar-refractivity contribution in [1.29, 1.82) is 0 Å². The second-order valence-electron chi connectivity index (χ2n) is 1.23. The van der Waals surface area contributed by atoms with Gasteiger partial charge in [-0.15, -0.1) is 11.6 Å². The van der Waals surface area contributed by atoms with E-state index >= 15 is 0 Å². The second kappa shape index (κ2) is 4.14. The molecule has 0 fully saturated rings. The van der Waals surface area contributed by atoms with E-state index in [1.165, 1.54) is 0 Å². The number of esters is 1. The van der Waals surface area contributed by atoms with Crippen molar-refractivity contribution in [3.63, 3.8) is 0 Å². The summed E-state index contributed by atoms with van der Waals surface area (Å²) in [6.45, 7) is 0. The van der Waals surface area contributed by atoms with Gasteiger partial charge in [0.25, 0.3) is 0 Å². The van der Waals surface area contributed by atoms with E-state index in [2.05, 4.69) is 10.5 Å². The Hall–Kier alpha value is -0.770. The molecule has 0 heterocycles. The summed E-state index contributed by atoms with van der Waals surface area (Å²) in [5, 5.41) is 0. The van der Waals surface area contributed by atoms with Crippen molar-refractivity contribution in [3.8, 4) is 0 Å². The number of hydrogen-bond acceptors (Lipinski definition) is 3. The fraction of sp³-hybridized carbons (Fsp3) is 0.500. The Morgan fingerprint density at radius 1 is 1.56 bits per heavy atom. The highest BCUT2D eigenvalue weighted by molar-refractivity contribution is 6.18. The summed E-state index contributed by atoms with van der Waals surface area (Å²) in [6.07, 6.45) is -1.09. The minimum absolute atomic E-state index is 0.00446. The van der Waals surface area contributed by atoms with Gasteiger partial charge in [0.1, 0.15) is 0 Å². The lowest BCUT2D eigenvalue weighted by Gasteiger charge is -1.93. The minimum atomic E-state index is -1.09. The van der Waals surface area contributed by atoms with Gasteiger partial charge in [-0.2, -0.15) is 0 Å². The summed E-state index contributed by atoms with van der Waals surface area (Å²) in [4.78, 5) is 20.1. The van der Waals surface area contributed by atoms with Gasteiger partial charge in [-0.1, -0.05) is 0 Å². The highest BCUT2D eigenvalue weighted by atomic mass is 35.5. The zero-order valence-electron chi connectivity index (χ0n) is 4.59. The number of alkyl halides is 1. The predicted molar refractivity (Wildman–Crippen MR) is 31.0 cm³/mol. The smallest absolute Gasteiger partial charge is 0.376 e. The first-order valence-corrected chi connectivity index (χ1v) is 2.76. The van der Waals surface area contributed by atoms with Crippen LogP contribution in [0.5, 0.6) is 0 Å². The fourth-order valence-electron chi connectivity index (χ4n) is 0.240. The molecular formula is C4H6ClNO3. The zero-order valence-corrected chi connectivity index (χ0v) is 5.35. The Morgan fingerprint density at radius 3 is 2.44 bits per heavy atom. The molecule has 0 saturated carbocycles. The van der Waals surface area contributed by atoms with Crippen LogP contribution in [0.2, 0.25) is 0 Å². The van der Waals surface area contributed by atoms with E-state index in [0.29, 0.717) is 0 Å². The summed E-state index contributed by atoms with van der Waals surface area (Å²) in [6, 6.07) is 0. The average Bonchev–Trinajstić information content (AvgIpc) is 1.63. The van der Waals surface area contributed by atoms with Gasteiger partial charge in [-0.3, -0.25) is 4.79 Å². The summed E-state index contributed by atoms with van der Waals surface area (Å²) >= 11 is 5.13. The molecule has 0 rings (SSSR count). The molecule has 0 radical (unpaired) electrons. The van der Waals surface area contributed by atoms with Crippen LogP contribution in [0.25, 0.3) is 0 Å². The Labute approximate surface area is 56.9 Å². The normalized spacial score (nSPS) is 8.56. The van der Waals surface area contributed by atoms with Crippen LogP contribution in [0.1, 0.15) is 6.42 Å². The molecule has 0 saturated heterocycles. The summed E-state index contributed by atoms with van der Waals surface area (Å²) < 4.78 is 3.91. The van der Waals surface area contributed by atoms with E-state index in [9.17, 15) is 9.59 Å². The predicted octanol–water partition coefficient (Wildman–Crippen LogP) is 0.237. The maximum Gasteiger partial charge on any atom is 0.412 e. The standard InChI is InChI=1S/C4H6ClNO3/c5-2-1-3(7)9-4(6)8/h1-2H2,(H2,6,8). The van der Waals surface area contributed by atoms with E-state index in [1.807, 2.05) is 0 Å². The Morgan fingerprint density at radius 2 is 2.11 bits per heavy atom. The largest absolute Gasteiger partial charge is 0.412 e. The van der Waals surface area contributed by atoms with Gasteiger partial charge in [-0.05, 0) is 0 Å². The molecule has 0 aromatic heterocycles. The molecule has 0 aliphatic carbocycles. The molecule has 2 N–H and O–H groups in total. The van der Waals surface area contributed by atoms with E-state index in [-0.39, 0.29) is 12.3 Å². The maximum absolute atomic E-state index is 10.2. The molecule has 1 amide bonds. The number of carbonyl (C=O) groups is 2. The molecule has 0 aliphatic rings. The lowest BCUT2D eigenvalue weighted by Crippen LogP contribution is -2.18. The van der Waals surface area contributed by atoms with Crippen molar-refractivity contribution < 1.29 is 14.3 Å². The van der Waals surface area contributed by atoms with Gasteiger partial charge >= 0.3 is 12.1 Å². The number of hydrogen-bond donors (Lipinski definition) is 1. The Balaban J connectivity index is 3.39. The maximum atomic E-state index is 10.2. The van der Waals surface area contributed by atoms with E-state index < -0.39 is 12.1 Å². The third-order valence-electron chi connectivity index (χ3n) is 0.513. The van der Waals surface area contributed by atoms with Crippen molar-refractivity contribution in [2.45, 2.75) is 6.42 Å². The van der Waals surface area contributed by atoms with Gasteiger partial charge in [-0.25, -0.2) is 4.79 Å². The molecular weight excluding hydrogens is 146 g/mol. The molecule has 0 aromatic carbocycles. The number of ether oxygens (including phenoxy) is 1. The van der Waals surface area contributed by atoms with Gasteiger partial charge < -0.3 is 10.5 Å². The number of carbonyl (C=O) groups excluding carboxylic acids is 2. The zero-order chi connectivity index (χ0) is 7.28. The van der Waals surface area contributed by atoms with Crippen LogP contribution in [0.15, 0.2) is 0 Å². The van der Waals surface area contributed by atoms with Gasteiger partial charge in [0.05, 0.1) is 6.42 Å². The van der Waals surface area contributed by atoms with Crippen molar-refractivity contribution in [1.82, 2.24) is 0 Å². The third-order valence-corrected chi connectivity index (χ3v) is 0.702. The van der Waals surface area contributed by atoms with E-state index in [1.54, 1.807) is 0 Å². The summed E-state index contributed by atoms with van der Waals surface area (Å²) in [5.74, 6) is -0.566. The number of amides is 1. The highest BCUT2D eigenvalue weighted by Crippen LogP contribution is 1.87. The van der Waals surface area contributed by atoms with Gasteiger partial charge in [0, 0.05) is 5.88 Å². The van der Waals surface area contributed by atoms with Crippen LogP contribution in [0, 0.1) is 0 Å². The SMILES string of the molecule is NC(=O)OC(=O)CCCl. The Kier molecular flexibility index (Phi) is 3.79. The molecule has 0 spiro atoms. The van der Waals surface area contributed by atoms with Crippen LogP contribution in [0.4, 0.5) is 4.79 Å². The van der Waals surface area contributed by atoms with Crippen molar-refractivity contribution in [2.75, 3.05) is 5.88 Å². The minimum Gasteiger partial charge on any atom is -0.376 e. The molecule has 52 valence electrons. The van der Waals surface area contributed by atoms with E-state index in [0.717, 1.165) is 0 Å². The first kappa shape index (κ1) is 8.23. The molecule has 0 aliphatic heterocycles. The fourth-order valence-corrected chi connectivity index (χ4v) is 0.395. The van der Waals surface area contributed by atoms with Crippen molar-refractivity contribution in [3.05, 3.63) is 0 Å². The quantitative estimate of drug-likeness (QED) is 0.349. The molecule has 9 heavy (non-hydrogen) atoms. The third kappa shape index (κ3) is 5.10. The van der Waals surface area contributed by atoms with Crippen LogP contribution in [-0.2, 0) is 9.53 Å². The van der Waals surface area contributed by atoms with Gasteiger partial charge in [0.2, 0.25) is 0 Å². The van der Waals surface area contributed by atoms with Crippen molar-refractivity contribution >= 4 is 23.7 Å². The number of primary amides is 1. The monoisotopic (exact) mass is 151 g/mol. The Bertz CT molecular complexity index is 125. The topological polar surface area (TPSA) is 69.4 Å². The summed E-state index contributed by atoms with van der Waals surface area (Å²) in [5.41, 5.74) is 4.50. The van der Waals surface area contributed by atoms with Crippen LogP contribution in [-0.4, -0.2) is 17.9 Å². The molecule has 5 heteroatoms.